The summed E-state index contributed by atoms with van der Waals surface area (Å²) >= 11 is 9.55. The molecular formula is C16H13BrClN3. The Balaban J connectivity index is 2.03. The molecule has 0 radical (unpaired) electrons. The Bertz CT molecular complexity index is 735. The number of benzene rings is 2. The largest absolute Gasteiger partial charge is 0.319 e. The number of hydrogen-bond donors (Lipinski definition) is 1. The molecule has 2 aromatic carbocycles. The minimum Gasteiger partial charge on any atom is -0.319 e. The number of halogens is 2. The van der Waals surface area contributed by atoms with Crippen LogP contribution in [0, 0.1) is 0 Å². The zero-order valence-electron chi connectivity index (χ0n) is 11.1. The average Bonchev–Trinajstić information content (AvgIpc) is 2.95. The Labute approximate surface area is 136 Å². The molecule has 0 aliphatic carbocycles. The van der Waals surface area contributed by atoms with Crippen molar-refractivity contribution in [2.24, 2.45) is 5.73 Å². The lowest BCUT2D eigenvalue weighted by Gasteiger charge is -2.15. The summed E-state index contributed by atoms with van der Waals surface area (Å²) in [4.78, 5) is 0. The highest BCUT2D eigenvalue weighted by Crippen LogP contribution is 2.27. The quantitative estimate of drug-likeness (QED) is 0.753. The van der Waals surface area contributed by atoms with Gasteiger partial charge in [-0.1, -0.05) is 45.7 Å². The number of nitrogens with zero attached hydrogens (tertiary/aromatic N) is 2. The number of rotatable bonds is 3. The van der Waals surface area contributed by atoms with Crippen molar-refractivity contribution >= 4 is 27.5 Å². The predicted octanol–water partition coefficient (Wildman–Crippen LogP) is 4.34. The van der Waals surface area contributed by atoms with Crippen molar-refractivity contribution in [1.82, 2.24) is 9.78 Å². The smallest absolute Gasteiger partial charge is 0.0728 e. The predicted molar refractivity (Wildman–Crippen MR) is 88.7 cm³/mol. The van der Waals surface area contributed by atoms with Crippen molar-refractivity contribution in [1.29, 1.82) is 0 Å². The maximum atomic E-state index is 6.40. The van der Waals surface area contributed by atoms with Gasteiger partial charge in [0.25, 0.3) is 0 Å². The molecule has 1 heterocycles. The van der Waals surface area contributed by atoms with Gasteiger partial charge in [-0.15, -0.1) is 0 Å². The summed E-state index contributed by atoms with van der Waals surface area (Å²) in [5.74, 6) is 0. The van der Waals surface area contributed by atoms with E-state index in [1.165, 1.54) is 0 Å². The van der Waals surface area contributed by atoms with E-state index < -0.39 is 0 Å². The summed E-state index contributed by atoms with van der Waals surface area (Å²) < 4.78 is 2.76. The van der Waals surface area contributed by atoms with E-state index in [-0.39, 0.29) is 6.04 Å². The molecule has 0 saturated heterocycles. The summed E-state index contributed by atoms with van der Waals surface area (Å²) in [7, 11) is 0. The van der Waals surface area contributed by atoms with Crippen molar-refractivity contribution in [2.45, 2.75) is 6.04 Å². The Morgan fingerprint density at radius 3 is 2.57 bits per heavy atom. The van der Waals surface area contributed by atoms with Crippen LogP contribution < -0.4 is 5.73 Å². The van der Waals surface area contributed by atoms with Crippen LogP contribution in [0.5, 0.6) is 0 Å². The normalized spacial score (nSPS) is 12.3. The average molecular weight is 363 g/mol. The molecule has 106 valence electrons. The first-order chi connectivity index (χ1) is 10.1. The SMILES string of the molecule is NC(c1cc(Cl)cc(Br)c1)c1ccnn1-c1ccccc1. The summed E-state index contributed by atoms with van der Waals surface area (Å²) in [6.07, 6.45) is 1.75. The van der Waals surface area contributed by atoms with Gasteiger partial charge in [-0.2, -0.15) is 5.10 Å². The molecule has 0 saturated carbocycles. The molecule has 5 heteroatoms. The first-order valence-corrected chi connectivity index (χ1v) is 7.63. The third-order valence-corrected chi connectivity index (χ3v) is 3.91. The first-order valence-electron chi connectivity index (χ1n) is 6.46. The van der Waals surface area contributed by atoms with Gasteiger partial charge in [0.1, 0.15) is 0 Å². The van der Waals surface area contributed by atoms with E-state index >= 15 is 0 Å². The molecule has 0 fully saturated rings. The maximum absolute atomic E-state index is 6.40. The summed E-state index contributed by atoms with van der Waals surface area (Å²) in [6, 6.07) is 17.2. The Hall–Kier alpha value is -1.62. The Morgan fingerprint density at radius 1 is 1.10 bits per heavy atom. The fourth-order valence-corrected chi connectivity index (χ4v) is 3.15. The van der Waals surface area contributed by atoms with Crippen LogP contribution in [-0.4, -0.2) is 9.78 Å². The maximum Gasteiger partial charge on any atom is 0.0728 e. The van der Waals surface area contributed by atoms with Gasteiger partial charge < -0.3 is 5.73 Å². The molecule has 21 heavy (non-hydrogen) atoms. The second-order valence-electron chi connectivity index (χ2n) is 4.68. The molecule has 1 atom stereocenters. The van der Waals surface area contributed by atoms with Gasteiger partial charge in [0.05, 0.1) is 17.4 Å². The Morgan fingerprint density at radius 2 is 1.86 bits per heavy atom. The van der Waals surface area contributed by atoms with Gasteiger partial charge in [-0.25, -0.2) is 4.68 Å². The van der Waals surface area contributed by atoms with Gasteiger partial charge >= 0.3 is 0 Å². The van der Waals surface area contributed by atoms with Crippen molar-refractivity contribution in [2.75, 3.05) is 0 Å². The highest BCUT2D eigenvalue weighted by atomic mass is 79.9. The lowest BCUT2D eigenvalue weighted by molar-refractivity contribution is 0.739. The second kappa shape index (κ2) is 6.02. The monoisotopic (exact) mass is 361 g/mol. The third kappa shape index (κ3) is 3.02. The molecule has 0 aliphatic rings. The molecule has 3 rings (SSSR count). The van der Waals surface area contributed by atoms with Crippen molar-refractivity contribution in [3.05, 3.63) is 81.5 Å². The molecule has 0 bridgehead atoms. The van der Waals surface area contributed by atoms with Gasteiger partial charge in [-0.3, -0.25) is 0 Å². The zero-order chi connectivity index (χ0) is 14.8. The van der Waals surface area contributed by atoms with Gasteiger partial charge in [-0.05, 0) is 42.0 Å². The molecular weight excluding hydrogens is 350 g/mol. The number of aromatic nitrogens is 2. The third-order valence-electron chi connectivity index (χ3n) is 3.24. The lowest BCUT2D eigenvalue weighted by Crippen LogP contribution is -2.16. The molecule has 3 aromatic rings. The van der Waals surface area contributed by atoms with E-state index in [4.69, 9.17) is 17.3 Å². The van der Waals surface area contributed by atoms with Crippen LogP contribution in [0.15, 0.2) is 65.3 Å². The highest BCUT2D eigenvalue weighted by molar-refractivity contribution is 9.10. The first kappa shape index (κ1) is 14.3. The minimum atomic E-state index is -0.303. The second-order valence-corrected chi connectivity index (χ2v) is 6.04. The molecule has 0 spiro atoms. The fraction of sp³-hybridized carbons (Fsp3) is 0.0625. The van der Waals surface area contributed by atoms with Crippen molar-refractivity contribution in [3.63, 3.8) is 0 Å². The number of para-hydroxylation sites is 1. The van der Waals surface area contributed by atoms with E-state index in [9.17, 15) is 0 Å². The molecule has 0 amide bonds. The van der Waals surface area contributed by atoms with Crippen molar-refractivity contribution in [3.8, 4) is 5.69 Å². The van der Waals surface area contributed by atoms with E-state index in [0.717, 1.165) is 21.4 Å². The Kier molecular flexibility index (Phi) is 4.10. The lowest BCUT2D eigenvalue weighted by atomic mass is 10.0. The molecule has 1 aromatic heterocycles. The van der Waals surface area contributed by atoms with E-state index in [2.05, 4.69) is 21.0 Å². The number of hydrogen-bond acceptors (Lipinski definition) is 2. The molecule has 2 N–H and O–H groups in total. The van der Waals surface area contributed by atoms with Crippen LogP contribution in [0.1, 0.15) is 17.3 Å². The van der Waals surface area contributed by atoms with Crippen molar-refractivity contribution < 1.29 is 0 Å². The highest BCUT2D eigenvalue weighted by Gasteiger charge is 2.16. The van der Waals surface area contributed by atoms with Crippen LogP contribution in [-0.2, 0) is 0 Å². The molecule has 0 aliphatic heterocycles. The topological polar surface area (TPSA) is 43.8 Å². The van der Waals surface area contributed by atoms with Gasteiger partial charge in [0.2, 0.25) is 0 Å². The van der Waals surface area contributed by atoms with Gasteiger partial charge in [0.15, 0.2) is 0 Å². The van der Waals surface area contributed by atoms with E-state index in [0.29, 0.717) is 5.02 Å². The van der Waals surface area contributed by atoms with Gasteiger partial charge in [0, 0.05) is 15.7 Å². The summed E-state index contributed by atoms with van der Waals surface area (Å²) in [5.41, 5.74) is 9.23. The van der Waals surface area contributed by atoms with E-state index in [1.807, 2.05) is 59.3 Å². The molecule has 1 unspecified atom stereocenters. The van der Waals surface area contributed by atoms with Crippen LogP contribution >= 0.6 is 27.5 Å². The standard InChI is InChI=1S/C16H13BrClN3/c17-12-8-11(9-13(18)10-12)16(19)15-6-7-20-21(15)14-4-2-1-3-5-14/h1-10,16H,19H2. The molecule has 3 nitrogen and oxygen atoms in total. The summed E-state index contributed by atoms with van der Waals surface area (Å²) in [5, 5.41) is 5.02. The minimum absolute atomic E-state index is 0.303. The van der Waals surface area contributed by atoms with E-state index in [1.54, 1.807) is 6.20 Å². The van der Waals surface area contributed by atoms with Crippen LogP contribution in [0.2, 0.25) is 5.02 Å². The van der Waals surface area contributed by atoms with Crippen LogP contribution in [0.25, 0.3) is 5.69 Å². The number of nitrogens with two attached hydrogens (primary N) is 1. The zero-order valence-corrected chi connectivity index (χ0v) is 13.4. The van der Waals surface area contributed by atoms with Crippen LogP contribution in [0.3, 0.4) is 0 Å². The summed E-state index contributed by atoms with van der Waals surface area (Å²) in [6.45, 7) is 0. The van der Waals surface area contributed by atoms with Crippen LogP contribution in [0.4, 0.5) is 0 Å². The fourth-order valence-electron chi connectivity index (χ4n) is 2.26.